The lowest BCUT2D eigenvalue weighted by Crippen LogP contribution is -2.17. The first-order valence-electron chi connectivity index (χ1n) is 5.75. The highest BCUT2D eigenvalue weighted by atomic mass is 16.3. The third kappa shape index (κ3) is 2.07. The van der Waals surface area contributed by atoms with Gasteiger partial charge in [0.1, 0.15) is 0 Å². The first kappa shape index (κ1) is 10.7. The van der Waals surface area contributed by atoms with Crippen molar-refractivity contribution in [2.45, 2.75) is 39.2 Å². The predicted molar refractivity (Wildman–Crippen MR) is 59.5 cm³/mol. The second-order valence-corrected chi connectivity index (χ2v) is 4.87. The third-order valence-electron chi connectivity index (χ3n) is 3.75. The summed E-state index contributed by atoms with van der Waals surface area (Å²) in [5.41, 5.74) is 2.37. The fourth-order valence-electron chi connectivity index (χ4n) is 2.64. The summed E-state index contributed by atoms with van der Waals surface area (Å²) >= 11 is 0. The van der Waals surface area contributed by atoms with E-state index in [0.717, 1.165) is 25.0 Å². The molecule has 1 aliphatic rings. The van der Waals surface area contributed by atoms with Crippen LogP contribution in [-0.2, 0) is 13.5 Å². The van der Waals surface area contributed by atoms with Crippen LogP contribution in [0.4, 0.5) is 0 Å². The molecule has 1 fully saturated rings. The topological polar surface area (TPSA) is 38.0 Å². The Morgan fingerprint density at radius 1 is 1.53 bits per heavy atom. The number of nitrogens with zero attached hydrogens (tertiary/aromatic N) is 2. The van der Waals surface area contributed by atoms with Crippen LogP contribution >= 0.6 is 0 Å². The summed E-state index contributed by atoms with van der Waals surface area (Å²) in [6.45, 7) is 4.18. The van der Waals surface area contributed by atoms with Crippen LogP contribution in [0.25, 0.3) is 0 Å². The van der Waals surface area contributed by atoms with Crippen LogP contribution in [0.1, 0.15) is 31.2 Å². The standard InChI is InChI=1S/C12H20N2O/c1-8-6-11(14(3)13-8)7-10-4-5-12(15)9(10)2/h6,9-10,12,15H,4-5,7H2,1-3H3. The van der Waals surface area contributed by atoms with Crippen LogP contribution in [-0.4, -0.2) is 21.0 Å². The first-order valence-corrected chi connectivity index (χ1v) is 5.75. The van der Waals surface area contributed by atoms with E-state index < -0.39 is 0 Å². The highest BCUT2D eigenvalue weighted by Gasteiger charge is 2.31. The largest absolute Gasteiger partial charge is 0.393 e. The van der Waals surface area contributed by atoms with Gasteiger partial charge in [0.2, 0.25) is 0 Å². The lowest BCUT2D eigenvalue weighted by Gasteiger charge is -2.17. The van der Waals surface area contributed by atoms with Gasteiger partial charge < -0.3 is 5.11 Å². The first-order chi connectivity index (χ1) is 7.08. The van der Waals surface area contributed by atoms with E-state index in [2.05, 4.69) is 18.1 Å². The monoisotopic (exact) mass is 208 g/mol. The van der Waals surface area contributed by atoms with Crippen molar-refractivity contribution in [3.63, 3.8) is 0 Å². The Balaban J connectivity index is 2.06. The zero-order chi connectivity index (χ0) is 11.0. The van der Waals surface area contributed by atoms with Gasteiger partial charge in [0.15, 0.2) is 0 Å². The minimum atomic E-state index is -0.0932. The molecule has 3 nitrogen and oxygen atoms in total. The Kier molecular flexibility index (Phi) is 2.83. The van der Waals surface area contributed by atoms with Gasteiger partial charge in [-0.1, -0.05) is 6.92 Å². The minimum Gasteiger partial charge on any atom is -0.393 e. The molecule has 0 amide bonds. The Labute approximate surface area is 91.1 Å². The quantitative estimate of drug-likeness (QED) is 0.803. The molecular weight excluding hydrogens is 188 g/mol. The maximum Gasteiger partial charge on any atom is 0.0596 e. The zero-order valence-corrected chi connectivity index (χ0v) is 9.77. The molecule has 0 aromatic carbocycles. The van der Waals surface area contributed by atoms with E-state index >= 15 is 0 Å². The van der Waals surface area contributed by atoms with Gasteiger partial charge in [-0.15, -0.1) is 0 Å². The average molecular weight is 208 g/mol. The highest BCUT2D eigenvalue weighted by Crippen LogP contribution is 2.34. The molecule has 1 aliphatic carbocycles. The number of aliphatic hydroxyl groups is 1. The zero-order valence-electron chi connectivity index (χ0n) is 9.77. The molecule has 3 atom stereocenters. The molecule has 0 aliphatic heterocycles. The van der Waals surface area contributed by atoms with Crippen molar-refractivity contribution in [2.24, 2.45) is 18.9 Å². The van der Waals surface area contributed by atoms with Gasteiger partial charge in [-0.05, 0) is 44.1 Å². The van der Waals surface area contributed by atoms with Gasteiger partial charge in [-0.2, -0.15) is 5.10 Å². The average Bonchev–Trinajstić information content (AvgIpc) is 2.64. The number of rotatable bonds is 2. The number of aromatic nitrogens is 2. The molecule has 15 heavy (non-hydrogen) atoms. The Bertz CT molecular complexity index is 345. The fraction of sp³-hybridized carbons (Fsp3) is 0.750. The van der Waals surface area contributed by atoms with Crippen molar-refractivity contribution in [1.82, 2.24) is 9.78 Å². The molecule has 0 saturated heterocycles. The molecule has 3 heteroatoms. The molecule has 1 aromatic heterocycles. The summed E-state index contributed by atoms with van der Waals surface area (Å²) in [7, 11) is 2.00. The van der Waals surface area contributed by atoms with E-state index in [1.807, 2.05) is 18.7 Å². The van der Waals surface area contributed by atoms with Gasteiger partial charge in [0.05, 0.1) is 11.8 Å². The lowest BCUT2D eigenvalue weighted by atomic mass is 9.92. The van der Waals surface area contributed by atoms with Gasteiger partial charge in [0.25, 0.3) is 0 Å². The molecule has 0 bridgehead atoms. The highest BCUT2D eigenvalue weighted by molar-refractivity contribution is 5.10. The summed E-state index contributed by atoms with van der Waals surface area (Å²) in [4.78, 5) is 0. The molecule has 3 unspecified atom stereocenters. The molecule has 84 valence electrons. The van der Waals surface area contributed by atoms with E-state index in [1.54, 1.807) is 0 Å². The second kappa shape index (κ2) is 3.97. The van der Waals surface area contributed by atoms with Gasteiger partial charge in [0, 0.05) is 12.7 Å². The van der Waals surface area contributed by atoms with Crippen molar-refractivity contribution < 1.29 is 5.11 Å². The number of aliphatic hydroxyl groups excluding tert-OH is 1. The maximum absolute atomic E-state index is 9.70. The van der Waals surface area contributed by atoms with Crippen LogP contribution in [0, 0.1) is 18.8 Å². The van der Waals surface area contributed by atoms with Crippen molar-refractivity contribution in [1.29, 1.82) is 0 Å². The summed E-state index contributed by atoms with van der Waals surface area (Å²) in [5.74, 6) is 1.05. The van der Waals surface area contributed by atoms with E-state index in [9.17, 15) is 5.11 Å². The van der Waals surface area contributed by atoms with Gasteiger partial charge >= 0.3 is 0 Å². The Morgan fingerprint density at radius 2 is 2.27 bits per heavy atom. The molecule has 2 rings (SSSR count). The molecule has 0 spiro atoms. The molecule has 1 heterocycles. The van der Waals surface area contributed by atoms with Crippen LogP contribution < -0.4 is 0 Å². The molecular formula is C12H20N2O. The van der Waals surface area contributed by atoms with E-state index in [0.29, 0.717) is 11.8 Å². The summed E-state index contributed by atoms with van der Waals surface area (Å²) in [5, 5.41) is 14.0. The van der Waals surface area contributed by atoms with E-state index in [1.165, 1.54) is 5.69 Å². The minimum absolute atomic E-state index is 0.0932. The SMILES string of the molecule is Cc1cc(CC2CCC(O)C2C)n(C)n1. The van der Waals surface area contributed by atoms with Crippen LogP contribution in [0.5, 0.6) is 0 Å². The summed E-state index contributed by atoms with van der Waals surface area (Å²) in [6, 6.07) is 2.15. The number of aryl methyl sites for hydroxylation is 2. The summed E-state index contributed by atoms with van der Waals surface area (Å²) in [6.07, 6.45) is 3.06. The Hall–Kier alpha value is -0.830. The van der Waals surface area contributed by atoms with E-state index in [-0.39, 0.29) is 6.10 Å². The van der Waals surface area contributed by atoms with Crippen molar-refractivity contribution in [2.75, 3.05) is 0 Å². The van der Waals surface area contributed by atoms with Crippen molar-refractivity contribution in [3.05, 3.63) is 17.5 Å². The lowest BCUT2D eigenvalue weighted by molar-refractivity contribution is 0.127. The van der Waals surface area contributed by atoms with Crippen LogP contribution in [0.2, 0.25) is 0 Å². The van der Waals surface area contributed by atoms with Gasteiger partial charge in [-0.3, -0.25) is 4.68 Å². The number of hydrogen-bond donors (Lipinski definition) is 1. The molecule has 1 aromatic rings. The molecule has 1 N–H and O–H groups in total. The molecule has 1 saturated carbocycles. The second-order valence-electron chi connectivity index (χ2n) is 4.87. The predicted octanol–water partition coefficient (Wildman–Crippen LogP) is 1.68. The number of hydrogen-bond acceptors (Lipinski definition) is 2. The van der Waals surface area contributed by atoms with Crippen LogP contribution in [0.3, 0.4) is 0 Å². The smallest absolute Gasteiger partial charge is 0.0596 e. The van der Waals surface area contributed by atoms with Crippen molar-refractivity contribution in [3.8, 4) is 0 Å². The molecule has 0 radical (unpaired) electrons. The Morgan fingerprint density at radius 3 is 2.73 bits per heavy atom. The third-order valence-corrected chi connectivity index (χ3v) is 3.75. The maximum atomic E-state index is 9.70. The summed E-state index contributed by atoms with van der Waals surface area (Å²) < 4.78 is 1.97. The van der Waals surface area contributed by atoms with Gasteiger partial charge in [-0.25, -0.2) is 0 Å². The van der Waals surface area contributed by atoms with Crippen LogP contribution in [0.15, 0.2) is 6.07 Å². The van der Waals surface area contributed by atoms with Crippen molar-refractivity contribution >= 4 is 0 Å². The fourth-order valence-corrected chi connectivity index (χ4v) is 2.64. The van der Waals surface area contributed by atoms with E-state index in [4.69, 9.17) is 0 Å². The normalized spacial score (nSPS) is 31.1.